The van der Waals surface area contributed by atoms with Crippen molar-refractivity contribution in [1.82, 2.24) is 20.0 Å². The van der Waals surface area contributed by atoms with E-state index in [2.05, 4.69) is 52.3 Å². The van der Waals surface area contributed by atoms with Crippen molar-refractivity contribution in [3.63, 3.8) is 0 Å². The number of carbonyl (C=O) groups is 1. The first-order valence-corrected chi connectivity index (χ1v) is 11.5. The monoisotopic (exact) mass is 445 g/mol. The highest BCUT2D eigenvalue weighted by molar-refractivity contribution is 6.07. The van der Waals surface area contributed by atoms with Crippen LogP contribution in [-0.2, 0) is 22.6 Å². The second-order valence-corrected chi connectivity index (χ2v) is 8.54. The van der Waals surface area contributed by atoms with Gasteiger partial charge in [0, 0.05) is 24.3 Å². The first-order valence-electron chi connectivity index (χ1n) is 11.5. The second-order valence-electron chi connectivity index (χ2n) is 8.54. The number of hydrogen-bond donors (Lipinski definition) is 2. The van der Waals surface area contributed by atoms with E-state index in [9.17, 15) is 4.79 Å². The van der Waals surface area contributed by atoms with E-state index in [0.717, 1.165) is 58.2 Å². The van der Waals surface area contributed by atoms with Crippen molar-refractivity contribution in [2.75, 3.05) is 12.3 Å². The molecule has 33 heavy (non-hydrogen) atoms. The van der Waals surface area contributed by atoms with Crippen molar-refractivity contribution < 1.29 is 9.63 Å². The van der Waals surface area contributed by atoms with Gasteiger partial charge in [0.05, 0.1) is 17.6 Å². The summed E-state index contributed by atoms with van der Waals surface area (Å²) >= 11 is 0. The van der Waals surface area contributed by atoms with Crippen molar-refractivity contribution in [2.45, 2.75) is 46.6 Å². The second kappa shape index (κ2) is 10.0. The number of hydrogen-bond acceptors (Lipinski definition) is 5. The smallest absolute Gasteiger partial charge is 0.246 e. The normalized spacial score (nSPS) is 11.5. The van der Waals surface area contributed by atoms with E-state index in [4.69, 9.17) is 15.6 Å². The van der Waals surface area contributed by atoms with Crippen LogP contribution in [0.1, 0.15) is 39.4 Å². The molecule has 0 saturated heterocycles. The number of nitrogens with one attached hydrogen (secondary N) is 1. The number of carbonyl (C=O) groups excluding carboxylic acids is 1. The van der Waals surface area contributed by atoms with E-state index in [-0.39, 0.29) is 11.8 Å². The van der Waals surface area contributed by atoms with E-state index in [1.807, 2.05) is 32.0 Å². The average molecular weight is 446 g/mol. The molecule has 0 spiro atoms. The van der Waals surface area contributed by atoms with Crippen molar-refractivity contribution in [3.8, 4) is 11.1 Å². The summed E-state index contributed by atoms with van der Waals surface area (Å²) in [6.45, 7) is 6.93. The molecule has 172 valence electrons. The summed E-state index contributed by atoms with van der Waals surface area (Å²) in [5, 5.41) is 1.03. The number of pyridine rings is 1. The Balaban J connectivity index is 1.68. The lowest BCUT2D eigenvalue weighted by Crippen LogP contribution is -2.28. The van der Waals surface area contributed by atoms with Crippen LogP contribution in [-0.4, -0.2) is 27.0 Å². The van der Waals surface area contributed by atoms with E-state index in [1.165, 1.54) is 0 Å². The number of fused-ring (bicyclic) bond motifs is 3. The fourth-order valence-electron chi connectivity index (χ4n) is 3.96. The van der Waals surface area contributed by atoms with Gasteiger partial charge in [-0.1, -0.05) is 63.2 Å². The Hall–Kier alpha value is -3.45. The quantitative estimate of drug-likeness (QED) is 0.283. The van der Waals surface area contributed by atoms with E-state index in [1.54, 1.807) is 0 Å². The van der Waals surface area contributed by atoms with Crippen molar-refractivity contribution in [1.29, 1.82) is 0 Å². The summed E-state index contributed by atoms with van der Waals surface area (Å²) in [5.74, 6) is 1.21. The first kappa shape index (κ1) is 22.7. The van der Waals surface area contributed by atoms with Crippen LogP contribution in [0.3, 0.4) is 0 Å². The lowest BCUT2D eigenvalue weighted by atomic mass is 10.0. The molecule has 0 aliphatic carbocycles. The van der Waals surface area contributed by atoms with Crippen molar-refractivity contribution in [3.05, 3.63) is 54.4 Å². The molecule has 0 unspecified atom stereocenters. The summed E-state index contributed by atoms with van der Waals surface area (Å²) in [4.78, 5) is 26.6. The minimum atomic E-state index is -0.117. The van der Waals surface area contributed by atoms with Crippen LogP contribution < -0.4 is 11.2 Å². The van der Waals surface area contributed by atoms with Gasteiger partial charge in [0.2, 0.25) is 5.91 Å². The standard InChI is InChI=1S/C26H31N5O2/c1-4-9-22-29-23-24(31(22)14-8-15-33-30-26(32)17(2)3)20-13-12-19(16-21(20)28-25(23)27)18-10-6-5-7-11-18/h5-7,10-13,16-17H,4,8-9,14-15H2,1-3H3,(H2,27,28)(H,30,32). The molecule has 2 aromatic carbocycles. The third-order valence-electron chi connectivity index (χ3n) is 5.69. The van der Waals surface area contributed by atoms with Gasteiger partial charge in [-0.05, 0) is 30.0 Å². The minimum absolute atomic E-state index is 0.110. The summed E-state index contributed by atoms with van der Waals surface area (Å²) in [6, 6.07) is 16.6. The van der Waals surface area contributed by atoms with Gasteiger partial charge in [0.15, 0.2) is 5.82 Å². The molecule has 0 fully saturated rings. The maximum atomic E-state index is 11.7. The van der Waals surface area contributed by atoms with Crippen LogP contribution in [0.5, 0.6) is 0 Å². The molecule has 3 N–H and O–H groups in total. The molecule has 0 radical (unpaired) electrons. The number of anilines is 1. The highest BCUT2D eigenvalue weighted by Gasteiger charge is 2.17. The van der Waals surface area contributed by atoms with Gasteiger partial charge < -0.3 is 10.3 Å². The lowest BCUT2D eigenvalue weighted by molar-refractivity contribution is -0.136. The maximum Gasteiger partial charge on any atom is 0.246 e. The van der Waals surface area contributed by atoms with E-state index < -0.39 is 0 Å². The van der Waals surface area contributed by atoms with Crippen molar-refractivity contribution >= 4 is 33.7 Å². The van der Waals surface area contributed by atoms with E-state index in [0.29, 0.717) is 19.0 Å². The van der Waals surface area contributed by atoms with E-state index >= 15 is 0 Å². The van der Waals surface area contributed by atoms with Gasteiger partial charge in [0.25, 0.3) is 0 Å². The van der Waals surface area contributed by atoms with Crippen LogP contribution in [0.4, 0.5) is 5.82 Å². The fourth-order valence-corrected chi connectivity index (χ4v) is 3.96. The summed E-state index contributed by atoms with van der Waals surface area (Å²) in [5.41, 5.74) is 13.7. The fraction of sp³-hybridized carbons (Fsp3) is 0.346. The zero-order valence-corrected chi connectivity index (χ0v) is 19.5. The molecule has 4 aromatic rings. The molecule has 0 bridgehead atoms. The Labute approximate surface area is 193 Å². The summed E-state index contributed by atoms with van der Waals surface area (Å²) < 4.78 is 2.23. The number of aromatic nitrogens is 3. The van der Waals surface area contributed by atoms with Crippen LogP contribution in [0, 0.1) is 5.92 Å². The number of benzene rings is 2. The third-order valence-corrected chi connectivity index (χ3v) is 5.69. The van der Waals surface area contributed by atoms with Crippen molar-refractivity contribution in [2.24, 2.45) is 5.92 Å². The number of nitrogens with two attached hydrogens (primary N) is 1. The number of rotatable bonds is 9. The average Bonchev–Trinajstić information content (AvgIpc) is 3.18. The zero-order chi connectivity index (χ0) is 23.4. The molecule has 2 heterocycles. The van der Waals surface area contributed by atoms with Crippen LogP contribution in [0.25, 0.3) is 33.1 Å². The first-order chi connectivity index (χ1) is 16.0. The molecule has 0 aliphatic heterocycles. The Kier molecular flexibility index (Phi) is 6.89. The Morgan fingerprint density at radius 1 is 1.12 bits per heavy atom. The molecular formula is C26H31N5O2. The molecule has 0 atom stereocenters. The topological polar surface area (TPSA) is 95.1 Å². The highest BCUT2D eigenvalue weighted by Crippen LogP contribution is 2.32. The van der Waals surface area contributed by atoms with Gasteiger partial charge in [-0.15, -0.1) is 0 Å². The largest absolute Gasteiger partial charge is 0.382 e. The molecule has 2 aromatic heterocycles. The molecule has 4 rings (SSSR count). The van der Waals surface area contributed by atoms with Crippen LogP contribution in [0.2, 0.25) is 0 Å². The van der Waals surface area contributed by atoms with Crippen LogP contribution >= 0.6 is 0 Å². The molecular weight excluding hydrogens is 414 g/mol. The third kappa shape index (κ3) is 4.83. The molecule has 7 heteroatoms. The number of nitrogen functional groups attached to an aromatic ring is 1. The molecule has 1 amide bonds. The van der Waals surface area contributed by atoms with Gasteiger partial charge in [0.1, 0.15) is 11.3 Å². The molecule has 0 saturated carbocycles. The SMILES string of the molecule is CCCc1nc2c(N)nc3cc(-c4ccccc4)ccc3c2n1CCCONC(=O)C(C)C. The van der Waals surface area contributed by atoms with Gasteiger partial charge in [-0.2, -0.15) is 0 Å². The van der Waals surface area contributed by atoms with Gasteiger partial charge >= 0.3 is 0 Å². The molecule has 0 aliphatic rings. The minimum Gasteiger partial charge on any atom is -0.382 e. The number of hydroxylamine groups is 1. The maximum absolute atomic E-state index is 11.7. The zero-order valence-electron chi connectivity index (χ0n) is 19.5. The highest BCUT2D eigenvalue weighted by atomic mass is 16.6. The molecule has 7 nitrogen and oxygen atoms in total. The number of nitrogens with zero attached hydrogens (tertiary/aromatic N) is 3. The number of aryl methyl sites for hydroxylation is 2. The predicted molar refractivity (Wildman–Crippen MR) is 132 cm³/mol. The Bertz CT molecular complexity index is 1260. The summed E-state index contributed by atoms with van der Waals surface area (Å²) in [6.07, 6.45) is 2.56. The van der Waals surface area contributed by atoms with Crippen LogP contribution in [0.15, 0.2) is 48.5 Å². The Morgan fingerprint density at radius 3 is 2.64 bits per heavy atom. The predicted octanol–water partition coefficient (Wildman–Crippen LogP) is 4.88. The number of imidazole rings is 1. The van der Waals surface area contributed by atoms with Gasteiger partial charge in [-0.25, -0.2) is 15.4 Å². The summed E-state index contributed by atoms with van der Waals surface area (Å²) in [7, 11) is 0. The van der Waals surface area contributed by atoms with Gasteiger partial charge in [-0.3, -0.25) is 9.63 Å². The lowest BCUT2D eigenvalue weighted by Gasteiger charge is -2.12. The number of amides is 1. The Morgan fingerprint density at radius 2 is 1.91 bits per heavy atom.